The van der Waals surface area contributed by atoms with E-state index in [0.717, 1.165) is 33.1 Å². The zero-order valence-electron chi connectivity index (χ0n) is 14.2. The van der Waals surface area contributed by atoms with Crippen LogP contribution in [0.3, 0.4) is 0 Å². The van der Waals surface area contributed by atoms with Gasteiger partial charge in [0, 0.05) is 48.1 Å². The Balaban J connectivity index is 1.70. The van der Waals surface area contributed by atoms with Crippen LogP contribution in [0.25, 0.3) is 33.1 Å². The molecule has 1 atom stereocenters. The van der Waals surface area contributed by atoms with Gasteiger partial charge in [-0.3, -0.25) is 4.98 Å². The molecule has 3 heterocycles. The molecule has 0 aliphatic heterocycles. The zero-order valence-corrected chi connectivity index (χ0v) is 14.2. The van der Waals surface area contributed by atoms with Crippen LogP contribution in [0.2, 0.25) is 0 Å². The summed E-state index contributed by atoms with van der Waals surface area (Å²) in [5.41, 5.74) is 3.99. The van der Waals surface area contributed by atoms with Gasteiger partial charge in [-0.2, -0.15) is 4.98 Å². The normalized spacial score (nSPS) is 12.6. The number of pyridine rings is 1. The Morgan fingerprint density at radius 3 is 3.04 bits per heavy atom. The van der Waals surface area contributed by atoms with Crippen LogP contribution in [0, 0.1) is 0 Å². The molecule has 3 aromatic heterocycles. The molecule has 2 N–H and O–H groups in total. The van der Waals surface area contributed by atoms with E-state index in [9.17, 15) is 0 Å². The van der Waals surface area contributed by atoms with Crippen LogP contribution in [0.4, 0.5) is 5.95 Å². The maximum atomic E-state index is 5.13. The van der Waals surface area contributed by atoms with Gasteiger partial charge in [0.25, 0.3) is 0 Å². The fourth-order valence-corrected chi connectivity index (χ4v) is 2.97. The van der Waals surface area contributed by atoms with Crippen molar-refractivity contribution in [3.8, 4) is 11.1 Å². The molecule has 0 saturated heterocycles. The molecule has 4 aromatic rings. The van der Waals surface area contributed by atoms with E-state index in [1.807, 2.05) is 31.5 Å². The summed E-state index contributed by atoms with van der Waals surface area (Å²) in [6.45, 7) is 2.63. The topological polar surface area (TPSA) is 75.7 Å². The zero-order chi connectivity index (χ0) is 17.2. The highest BCUT2D eigenvalue weighted by atomic mass is 16.5. The van der Waals surface area contributed by atoms with Gasteiger partial charge in [0.1, 0.15) is 5.65 Å². The number of hydrogen-bond acceptors (Lipinski definition) is 5. The molecule has 0 unspecified atom stereocenters. The van der Waals surface area contributed by atoms with Gasteiger partial charge in [-0.25, -0.2) is 4.98 Å². The summed E-state index contributed by atoms with van der Waals surface area (Å²) in [4.78, 5) is 16.6. The lowest BCUT2D eigenvalue weighted by Gasteiger charge is -2.12. The van der Waals surface area contributed by atoms with Crippen molar-refractivity contribution in [1.82, 2.24) is 19.9 Å². The summed E-state index contributed by atoms with van der Waals surface area (Å²) in [6.07, 6.45) is 5.63. The number of fused-ring (bicyclic) bond motifs is 2. The van der Waals surface area contributed by atoms with Crippen molar-refractivity contribution >= 4 is 27.9 Å². The Morgan fingerprint density at radius 1 is 1.24 bits per heavy atom. The van der Waals surface area contributed by atoms with Crippen LogP contribution >= 0.6 is 0 Å². The summed E-state index contributed by atoms with van der Waals surface area (Å²) in [6, 6.07) is 10.4. The predicted octanol–water partition coefficient (Wildman–Crippen LogP) is 3.62. The monoisotopic (exact) mass is 333 g/mol. The number of methoxy groups -OCH3 is 1. The van der Waals surface area contributed by atoms with Crippen molar-refractivity contribution in [3.63, 3.8) is 0 Å². The third-order valence-electron chi connectivity index (χ3n) is 4.14. The van der Waals surface area contributed by atoms with E-state index in [4.69, 9.17) is 4.74 Å². The first-order valence-electron chi connectivity index (χ1n) is 8.19. The highest BCUT2D eigenvalue weighted by molar-refractivity contribution is 5.96. The van der Waals surface area contributed by atoms with Crippen LogP contribution in [-0.2, 0) is 4.74 Å². The van der Waals surface area contributed by atoms with E-state index in [1.165, 1.54) is 0 Å². The van der Waals surface area contributed by atoms with Crippen LogP contribution in [0.5, 0.6) is 0 Å². The number of H-pyrrole nitrogens is 1. The third kappa shape index (κ3) is 3.04. The quantitative estimate of drug-likeness (QED) is 0.583. The number of benzene rings is 1. The Labute approximate surface area is 145 Å². The standard InChI is InChI=1S/C19H19N5O/c1-12(11-25-2)23-19-22-10-16-15(9-21-18(16)24-19)13-5-6-17-14(8-13)4-3-7-20-17/h3-10,12H,11H2,1-2H3,(H2,21,22,23,24)/t12-/m0/s1. The lowest BCUT2D eigenvalue weighted by Crippen LogP contribution is -2.22. The van der Waals surface area contributed by atoms with Crippen molar-refractivity contribution in [1.29, 1.82) is 0 Å². The van der Waals surface area contributed by atoms with E-state index < -0.39 is 0 Å². The number of rotatable bonds is 5. The predicted molar refractivity (Wildman–Crippen MR) is 99.6 cm³/mol. The first kappa shape index (κ1) is 15.5. The molecule has 0 amide bonds. The van der Waals surface area contributed by atoms with Crippen LogP contribution in [-0.4, -0.2) is 39.7 Å². The van der Waals surface area contributed by atoms with Gasteiger partial charge >= 0.3 is 0 Å². The van der Waals surface area contributed by atoms with E-state index >= 15 is 0 Å². The fraction of sp³-hybridized carbons (Fsp3) is 0.211. The number of ether oxygens (including phenoxy) is 1. The average molecular weight is 333 g/mol. The Kier molecular flexibility index (Phi) is 4.03. The number of hydrogen-bond donors (Lipinski definition) is 2. The number of aromatic nitrogens is 4. The molecule has 0 radical (unpaired) electrons. The van der Waals surface area contributed by atoms with Crippen molar-refractivity contribution < 1.29 is 4.74 Å². The molecule has 126 valence electrons. The molecule has 0 spiro atoms. The molecule has 0 fully saturated rings. The molecule has 1 aromatic carbocycles. The van der Waals surface area contributed by atoms with E-state index in [1.54, 1.807) is 13.3 Å². The summed E-state index contributed by atoms with van der Waals surface area (Å²) >= 11 is 0. The number of anilines is 1. The summed E-state index contributed by atoms with van der Waals surface area (Å²) in [5.74, 6) is 0.591. The van der Waals surface area contributed by atoms with Gasteiger partial charge < -0.3 is 15.0 Å². The maximum Gasteiger partial charge on any atom is 0.224 e. The van der Waals surface area contributed by atoms with Crippen LogP contribution in [0.1, 0.15) is 6.92 Å². The van der Waals surface area contributed by atoms with Crippen molar-refractivity contribution in [2.75, 3.05) is 19.0 Å². The van der Waals surface area contributed by atoms with Gasteiger partial charge in [0.05, 0.1) is 12.1 Å². The molecule has 0 saturated carbocycles. The molecule has 0 bridgehead atoms. The van der Waals surface area contributed by atoms with Crippen molar-refractivity contribution in [3.05, 3.63) is 48.9 Å². The second-order valence-corrected chi connectivity index (χ2v) is 6.07. The van der Waals surface area contributed by atoms with E-state index in [-0.39, 0.29) is 6.04 Å². The Morgan fingerprint density at radius 2 is 2.16 bits per heavy atom. The van der Waals surface area contributed by atoms with Crippen LogP contribution < -0.4 is 5.32 Å². The lowest BCUT2D eigenvalue weighted by molar-refractivity contribution is 0.190. The number of aromatic amines is 1. The van der Waals surface area contributed by atoms with Crippen LogP contribution in [0.15, 0.2) is 48.9 Å². The summed E-state index contributed by atoms with van der Waals surface area (Å²) in [7, 11) is 1.68. The molecule has 25 heavy (non-hydrogen) atoms. The second-order valence-electron chi connectivity index (χ2n) is 6.07. The Hall–Kier alpha value is -2.99. The van der Waals surface area contributed by atoms with Gasteiger partial charge in [-0.05, 0) is 30.7 Å². The average Bonchev–Trinajstić information content (AvgIpc) is 3.04. The van der Waals surface area contributed by atoms with Crippen molar-refractivity contribution in [2.24, 2.45) is 0 Å². The van der Waals surface area contributed by atoms with Crippen molar-refractivity contribution in [2.45, 2.75) is 13.0 Å². The molecule has 6 nitrogen and oxygen atoms in total. The highest BCUT2D eigenvalue weighted by Crippen LogP contribution is 2.29. The maximum absolute atomic E-state index is 5.13. The molecule has 4 rings (SSSR count). The minimum absolute atomic E-state index is 0.143. The highest BCUT2D eigenvalue weighted by Gasteiger charge is 2.11. The van der Waals surface area contributed by atoms with Gasteiger partial charge in [-0.15, -0.1) is 0 Å². The summed E-state index contributed by atoms with van der Waals surface area (Å²) in [5, 5.41) is 5.34. The third-order valence-corrected chi connectivity index (χ3v) is 4.14. The first-order valence-corrected chi connectivity index (χ1v) is 8.19. The largest absolute Gasteiger partial charge is 0.383 e. The first-order chi connectivity index (χ1) is 12.2. The molecule has 0 aliphatic carbocycles. The Bertz CT molecular complexity index is 1030. The SMILES string of the molecule is COC[C@H](C)Nc1ncc2c(-c3ccc4ncccc4c3)c[nH]c2n1. The molecule has 0 aliphatic rings. The number of nitrogens with zero attached hydrogens (tertiary/aromatic N) is 3. The number of nitrogens with one attached hydrogen (secondary N) is 2. The minimum atomic E-state index is 0.143. The summed E-state index contributed by atoms with van der Waals surface area (Å²) < 4.78 is 5.13. The molecule has 6 heteroatoms. The van der Waals surface area contributed by atoms with E-state index in [0.29, 0.717) is 12.6 Å². The minimum Gasteiger partial charge on any atom is -0.383 e. The van der Waals surface area contributed by atoms with Gasteiger partial charge in [0.2, 0.25) is 5.95 Å². The molecular formula is C19H19N5O. The van der Waals surface area contributed by atoms with E-state index in [2.05, 4.69) is 43.5 Å². The lowest BCUT2D eigenvalue weighted by atomic mass is 10.0. The molecular weight excluding hydrogens is 314 g/mol. The smallest absolute Gasteiger partial charge is 0.224 e. The second kappa shape index (κ2) is 6.49. The van der Waals surface area contributed by atoms with Gasteiger partial charge in [-0.1, -0.05) is 12.1 Å². The fourth-order valence-electron chi connectivity index (χ4n) is 2.97. The van der Waals surface area contributed by atoms with Gasteiger partial charge in [0.15, 0.2) is 0 Å².